The third-order valence-electron chi connectivity index (χ3n) is 2.09. The van der Waals surface area contributed by atoms with E-state index in [0.29, 0.717) is 11.6 Å². The molecule has 0 saturated heterocycles. The number of hydrogen-bond acceptors (Lipinski definition) is 2. The summed E-state index contributed by atoms with van der Waals surface area (Å²) in [5.41, 5.74) is 0.186. The van der Waals surface area contributed by atoms with Gasteiger partial charge in [0.25, 0.3) is 5.91 Å². The van der Waals surface area contributed by atoms with Crippen molar-refractivity contribution in [2.75, 3.05) is 6.54 Å². The topological polar surface area (TPSA) is 42.0 Å². The van der Waals surface area contributed by atoms with Gasteiger partial charge in [-0.05, 0) is 18.6 Å². The molecule has 0 aliphatic rings. The maximum absolute atomic E-state index is 11.7. The lowest BCUT2D eigenvalue weighted by Crippen LogP contribution is -2.25. The minimum atomic E-state index is -0.274. The van der Waals surface area contributed by atoms with E-state index in [0.717, 1.165) is 19.3 Å². The molecule has 1 heterocycles. The molecule has 0 radical (unpaired) electrons. The Kier molecular flexibility index (Phi) is 5.56. The molecule has 0 aliphatic carbocycles. The number of carbonyl (C=O) groups excluding carboxylic acids is 1. The van der Waals surface area contributed by atoms with Gasteiger partial charge in [-0.25, -0.2) is 4.98 Å². The van der Waals surface area contributed by atoms with Crippen molar-refractivity contribution in [1.29, 1.82) is 0 Å². The molecule has 1 aromatic rings. The first-order valence-corrected chi connectivity index (χ1v) is 6.01. The van der Waals surface area contributed by atoms with E-state index >= 15 is 0 Å². The summed E-state index contributed by atoms with van der Waals surface area (Å²) in [4.78, 5) is 15.6. The Balaban J connectivity index is 2.55. The van der Waals surface area contributed by atoms with Gasteiger partial charge in [0.1, 0.15) is 10.8 Å². The lowest BCUT2D eigenvalue weighted by Gasteiger charge is -2.05. The number of aromatic nitrogens is 1. The fourth-order valence-corrected chi connectivity index (χ4v) is 1.58. The summed E-state index contributed by atoms with van der Waals surface area (Å²) in [6.45, 7) is 2.74. The molecule has 1 amide bonds. The molecule has 0 aliphatic heterocycles. The number of nitrogens with zero attached hydrogens (tertiary/aromatic N) is 1. The average molecular weight is 261 g/mol. The van der Waals surface area contributed by atoms with Gasteiger partial charge in [0.2, 0.25) is 0 Å². The van der Waals surface area contributed by atoms with Crippen molar-refractivity contribution in [3.63, 3.8) is 0 Å². The van der Waals surface area contributed by atoms with Crippen LogP contribution in [0.2, 0.25) is 10.2 Å². The zero-order valence-corrected chi connectivity index (χ0v) is 10.6. The molecular formula is C11H14Cl2N2O. The highest BCUT2D eigenvalue weighted by molar-refractivity contribution is 6.34. The molecule has 0 unspecified atom stereocenters. The summed E-state index contributed by atoms with van der Waals surface area (Å²) < 4.78 is 0. The van der Waals surface area contributed by atoms with Crippen LogP contribution in [-0.4, -0.2) is 17.4 Å². The molecule has 0 bridgehead atoms. The van der Waals surface area contributed by atoms with Gasteiger partial charge >= 0.3 is 0 Å². The molecule has 5 heteroatoms. The zero-order valence-electron chi connectivity index (χ0n) is 9.09. The van der Waals surface area contributed by atoms with Crippen LogP contribution in [-0.2, 0) is 0 Å². The SMILES string of the molecule is CCCCCNC(=O)c1nc(Cl)ccc1Cl. The monoisotopic (exact) mass is 260 g/mol. The van der Waals surface area contributed by atoms with Crippen LogP contribution in [0.25, 0.3) is 0 Å². The molecule has 88 valence electrons. The Hall–Kier alpha value is -0.800. The van der Waals surface area contributed by atoms with Crippen molar-refractivity contribution in [1.82, 2.24) is 10.3 Å². The van der Waals surface area contributed by atoms with E-state index in [2.05, 4.69) is 17.2 Å². The lowest BCUT2D eigenvalue weighted by atomic mass is 10.2. The highest BCUT2D eigenvalue weighted by Gasteiger charge is 2.11. The molecule has 16 heavy (non-hydrogen) atoms. The normalized spacial score (nSPS) is 10.2. The van der Waals surface area contributed by atoms with Gasteiger partial charge in [0.05, 0.1) is 5.02 Å². The summed E-state index contributed by atoms with van der Waals surface area (Å²) in [5.74, 6) is -0.274. The quantitative estimate of drug-likeness (QED) is 0.652. The molecule has 0 fully saturated rings. The maximum Gasteiger partial charge on any atom is 0.271 e. The van der Waals surface area contributed by atoms with Gasteiger partial charge in [-0.1, -0.05) is 43.0 Å². The lowest BCUT2D eigenvalue weighted by molar-refractivity contribution is 0.0948. The summed E-state index contributed by atoms with van der Waals surface area (Å²) >= 11 is 11.5. The Morgan fingerprint density at radius 3 is 2.81 bits per heavy atom. The number of rotatable bonds is 5. The zero-order chi connectivity index (χ0) is 12.0. The number of pyridine rings is 1. The first-order valence-electron chi connectivity index (χ1n) is 5.25. The van der Waals surface area contributed by atoms with Gasteiger partial charge in [-0.15, -0.1) is 0 Å². The number of halogens is 2. The molecule has 1 N–H and O–H groups in total. The maximum atomic E-state index is 11.7. The Labute approximate surface area is 105 Å². The Morgan fingerprint density at radius 2 is 2.12 bits per heavy atom. The summed E-state index contributed by atoms with van der Waals surface area (Å²) in [6.07, 6.45) is 3.17. The fourth-order valence-electron chi connectivity index (χ4n) is 1.24. The van der Waals surface area contributed by atoms with E-state index in [1.807, 2.05) is 0 Å². The van der Waals surface area contributed by atoms with Crippen LogP contribution in [0.4, 0.5) is 0 Å². The van der Waals surface area contributed by atoms with Crippen LogP contribution in [0.15, 0.2) is 12.1 Å². The van der Waals surface area contributed by atoms with Crippen LogP contribution >= 0.6 is 23.2 Å². The Morgan fingerprint density at radius 1 is 1.38 bits per heavy atom. The summed E-state index contributed by atoms with van der Waals surface area (Å²) in [5, 5.41) is 3.34. The summed E-state index contributed by atoms with van der Waals surface area (Å²) in [7, 11) is 0. The van der Waals surface area contributed by atoms with Gasteiger partial charge in [-0.2, -0.15) is 0 Å². The van der Waals surface area contributed by atoms with Crippen molar-refractivity contribution in [2.45, 2.75) is 26.2 Å². The minimum Gasteiger partial charge on any atom is -0.351 e. The van der Waals surface area contributed by atoms with Crippen molar-refractivity contribution in [2.24, 2.45) is 0 Å². The third kappa shape index (κ3) is 3.99. The van der Waals surface area contributed by atoms with E-state index < -0.39 is 0 Å². The van der Waals surface area contributed by atoms with Crippen molar-refractivity contribution >= 4 is 29.1 Å². The molecule has 0 aromatic carbocycles. The van der Waals surface area contributed by atoms with Gasteiger partial charge in [0, 0.05) is 6.54 Å². The fraction of sp³-hybridized carbons (Fsp3) is 0.455. The molecule has 3 nitrogen and oxygen atoms in total. The first kappa shape index (κ1) is 13.3. The van der Waals surface area contributed by atoms with Gasteiger partial charge < -0.3 is 5.32 Å². The van der Waals surface area contributed by atoms with E-state index in [4.69, 9.17) is 23.2 Å². The second-order valence-electron chi connectivity index (χ2n) is 3.43. The number of hydrogen-bond donors (Lipinski definition) is 1. The van der Waals surface area contributed by atoms with Crippen LogP contribution in [0.5, 0.6) is 0 Å². The van der Waals surface area contributed by atoms with Crippen LogP contribution < -0.4 is 5.32 Å². The largest absolute Gasteiger partial charge is 0.351 e. The molecule has 0 spiro atoms. The van der Waals surface area contributed by atoms with Crippen molar-refractivity contribution in [3.05, 3.63) is 28.0 Å². The number of carbonyl (C=O) groups is 1. The smallest absolute Gasteiger partial charge is 0.271 e. The molecular weight excluding hydrogens is 247 g/mol. The standard InChI is InChI=1S/C11H14Cl2N2O/c1-2-3-4-7-14-11(16)10-8(12)5-6-9(13)15-10/h5-6H,2-4,7H2,1H3,(H,14,16). The third-order valence-corrected chi connectivity index (χ3v) is 2.61. The Bertz CT molecular complexity index is 369. The minimum absolute atomic E-state index is 0.186. The van der Waals surface area contributed by atoms with E-state index in [1.54, 1.807) is 12.1 Å². The average Bonchev–Trinajstić information content (AvgIpc) is 2.27. The molecule has 1 rings (SSSR count). The number of amides is 1. The first-order chi connectivity index (χ1) is 7.65. The summed E-state index contributed by atoms with van der Waals surface area (Å²) in [6, 6.07) is 3.12. The van der Waals surface area contributed by atoms with Gasteiger partial charge in [0.15, 0.2) is 0 Å². The van der Waals surface area contributed by atoms with Gasteiger partial charge in [-0.3, -0.25) is 4.79 Å². The van der Waals surface area contributed by atoms with Crippen LogP contribution in [0.1, 0.15) is 36.7 Å². The van der Waals surface area contributed by atoms with E-state index in [1.165, 1.54) is 0 Å². The number of unbranched alkanes of at least 4 members (excludes halogenated alkanes) is 2. The highest BCUT2D eigenvalue weighted by atomic mass is 35.5. The van der Waals surface area contributed by atoms with E-state index in [9.17, 15) is 4.79 Å². The second kappa shape index (κ2) is 6.71. The van der Waals surface area contributed by atoms with Crippen LogP contribution in [0.3, 0.4) is 0 Å². The predicted molar refractivity (Wildman–Crippen MR) is 66.1 cm³/mol. The van der Waals surface area contributed by atoms with Crippen molar-refractivity contribution in [3.8, 4) is 0 Å². The number of nitrogens with one attached hydrogen (secondary N) is 1. The molecule has 1 aromatic heterocycles. The van der Waals surface area contributed by atoms with E-state index in [-0.39, 0.29) is 16.8 Å². The predicted octanol–water partition coefficient (Wildman–Crippen LogP) is 3.31. The molecule has 0 saturated carbocycles. The van der Waals surface area contributed by atoms with Crippen molar-refractivity contribution < 1.29 is 4.79 Å². The second-order valence-corrected chi connectivity index (χ2v) is 4.22. The van der Waals surface area contributed by atoms with Crippen LogP contribution in [0, 0.1) is 0 Å². The highest BCUT2D eigenvalue weighted by Crippen LogP contribution is 2.16. The molecule has 0 atom stereocenters.